The average Bonchev–Trinajstić information content (AvgIpc) is 2.85. The summed E-state index contributed by atoms with van der Waals surface area (Å²) in [4.78, 5) is 13.5. The SMILES string of the molecule is Cc1ccc(NS(=O)(=O)c2cc(C(=O)N[C@H](c3ccccc3)c3ccccc3C)ccc2C)c(C)c1. The molecule has 1 atom stereocenters. The van der Waals surface area contributed by atoms with Gasteiger partial charge in [-0.1, -0.05) is 78.4 Å². The fourth-order valence-electron chi connectivity index (χ4n) is 4.27. The van der Waals surface area contributed by atoms with Gasteiger partial charge in [0.2, 0.25) is 0 Å². The average molecular weight is 499 g/mol. The Balaban J connectivity index is 1.67. The van der Waals surface area contributed by atoms with Crippen LogP contribution in [-0.4, -0.2) is 14.3 Å². The number of sulfonamides is 1. The molecule has 4 aromatic carbocycles. The minimum Gasteiger partial charge on any atom is -0.341 e. The highest BCUT2D eigenvalue weighted by Gasteiger charge is 2.23. The van der Waals surface area contributed by atoms with Crippen molar-refractivity contribution in [1.82, 2.24) is 5.32 Å². The summed E-state index contributed by atoms with van der Waals surface area (Å²) in [6, 6.07) is 27.5. The van der Waals surface area contributed by atoms with Gasteiger partial charge in [-0.25, -0.2) is 8.42 Å². The molecule has 4 rings (SSSR count). The molecule has 2 N–H and O–H groups in total. The van der Waals surface area contributed by atoms with Gasteiger partial charge >= 0.3 is 0 Å². The van der Waals surface area contributed by atoms with Gasteiger partial charge in [-0.15, -0.1) is 0 Å². The highest BCUT2D eigenvalue weighted by Crippen LogP contribution is 2.27. The molecule has 0 fully saturated rings. The van der Waals surface area contributed by atoms with E-state index in [0.29, 0.717) is 11.3 Å². The standard InChI is InChI=1S/C30H30N2O3S/c1-20-14-17-27(23(4)18-20)32-36(34,35)28-19-25(16-15-22(28)3)30(33)31-29(24-11-6-5-7-12-24)26-13-9-8-10-21(26)2/h5-19,29,32H,1-4H3,(H,31,33)/t29-/m1/s1. The molecule has 36 heavy (non-hydrogen) atoms. The second-order valence-electron chi connectivity index (χ2n) is 9.08. The molecule has 0 saturated carbocycles. The van der Waals surface area contributed by atoms with Crippen molar-refractivity contribution in [3.05, 3.63) is 130 Å². The van der Waals surface area contributed by atoms with Crippen LogP contribution in [0.25, 0.3) is 0 Å². The third-order valence-corrected chi connectivity index (χ3v) is 7.78. The van der Waals surface area contributed by atoms with Crippen LogP contribution < -0.4 is 10.0 Å². The minimum absolute atomic E-state index is 0.0716. The summed E-state index contributed by atoms with van der Waals surface area (Å²) in [5, 5.41) is 3.12. The monoisotopic (exact) mass is 498 g/mol. The van der Waals surface area contributed by atoms with E-state index in [0.717, 1.165) is 27.8 Å². The first kappa shape index (κ1) is 25.2. The molecule has 5 nitrogen and oxygen atoms in total. The van der Waals surface area contributed by atoms with Crippen molar-refractivity contribution in [3.63, 3.8) is 0 Å². The number of amides is 1. The lowest BCUT2D eigenvalue weighted by molar-refractivity contribution is 0.0942. The predicted molar refractivity (Wildman–Crippen MR) is 145 cm³/mol. The van der Waals surface area contributed by atoms with Gasteiger partial charge in [0.05, 0.1) is 16.6 Å². The number of hydrogen-bond acceptors (Lipinski definition) is 3. The van der Waals surface area contributed by atoms with Crippen molar-refractivity contribution in [2.75, 3.05) is 4.72 Å². The van der Waals surface area contributed by atoms with Gasteiger partial charge < -0.3 is 5.32 Å². The zero-order valence-corrected chi connectivity index (χ0v) is 21.7. The summed E-state index contributed by atoms with van der Waals surface area (Å²) in [6.45, 7) is 7.54. The van der Waals surface area contributed by atoms with Gasteiger partial charge in [-0.3, -0.25) is 9.52 Å². The van der Waals surface area contributed by atoms with E-state index in [1.807, 2.05) is 87.5 Å². The molecule has 0 radical (unpaired) electrons. The first-order chi connectivity index (χ1) is 17.2. The molecule has 4 aromatic rings. The van der Waals surface area contributed by atoms with E-state index < -0.39 is 10.0 Å². The normalized spacial score (nSPS) is 12.1. The Bertz CT molecular complexity index is 1510. The van der Waals surface area contributed by atoms with Gasteiger partial charge in [-0.2, -0.15) is 0 Å². The molecular weight excluding hydrogens is 468 g/mol. The van der Waals surface area contributed by atoms with E-state index in [4.69, 9.17) is 0 Å². The largest absolute Gasteiger partial charge is 0.341 e. The van der Waals surface area contributed by atoms with E-state index in [1.165, 1.54) is 6.07 Å². The smallest absolute Gasteiger partial charge is 0.262 e. The lowest BCUT2D eigenvalue weighted by Crippen LogP contribution is -2.30. The van der Waals surface area contributed by atoms with Crippen molar-refractivity contribution >= 4 is 21.6 Å². The van der Waals surface area contributed by atoms with Crippen LogP contribution in [0.3, 0.4) is 0 Å². The van der Waals surface area contributed by atoms with Crippen LogP contribution in [0.15, 0.2) is 95.9 Å². The second-order valence-corrected chi connectivity index (χ2v) is 10.7. The summed E-state index contributed by atoms with van der Waals surface area (Å²) >= 11 is 0. The third kappa shape index (κ3) is 5.50. The lowest BCUT2D eigenvalue weighted by Gasteiger charge is -2.22. The van der Waals surface area contributed by atoms with Crippen LogP contribution in [0.1, 0.15) is 49.8 Å². The van der Waals surface area contributed by atoms with Crippen molar-refractivity contribution in [3.8, 4) is 0 Å². The van der Waals surface area contributed by atoms with Crippen molar-refractivity contribution in [1.29, 1.82) is 0 Å². The van der Waals surface area contributed by atoms with Crippen molar-refractivity contribution in [2.24, 2.45) is 0 Å². The van der Waals surface area contributed by atoms with Gasteiger partial charge in [0.25, 0.3) is 15.9 Å². The Morgan fingerprint density at radius 1 is 0.722 bits per heavy atom. The molecule has 0 saturated heterocycles. The fourth-order valence-corrected chi connectivity index (χ4v) is 5.67. The van der Waals surface area contributed by atoms with Gasteiger partial charge in [0.15, 0.2) is 0 Å². The number of aryl methyl sites for hydroxylation is 4. The molecule has 184 valence electrons. The number of rotatable bonds is 7. The van der Waals surface area contributed by atoms with E-state index in [2.05, 4.69) is 10.0 Å². The maximum absolute atomic E-state index is 13.4. The minimum atomic E-state index is -3.90. The van der Waals surface area contributed by atoms with E-state index in [9.17, 15) is 13.2 Å². The third-order valence-electron chi connectivity index (χ3n) is 6.27. The maximum atomic E-state index is 13.4. The summed E-state index contributed by atoms with van der Waals surface area (Å²) in [7, 11) is -3.90. The number of carbonyl (C=O) groups is 1. The number of carbonyl (C=O) groups excluding carboxylic acids is 1. The first-order valence-corrected chi connectivity index (χ1v) is 13.3. The number of hydrogen-bond donors (Lipinski definition) is 2. The Hall–Kier alpha value is -3.90. The molecule has 0 aliphatic heterocycles. The van der Waals surface area contributed by atoms with Crippen LogP contribution in [0.5, 0.6) is 0 Å². The van der Waals surface area contributed by atoms with E-state index in [1.54, 1.807) is 25.1 Å². The highest BCUT2D eigenvalue weighted by atomic mass is 32.2. The van der Waals surface area contributed by atoms with Crippen LogP contribution in [-0.2, 0) is 10.0 Å². The number of anilines is 1. The predicted octanol–water partition coefficient (Wildman–Crippen LogP) is 6.24. The Kier molecular flexibility index (Phi) is 7.27. The summed E-state index contributed by atoms with van der Waals surface area (Å²) in [5.41, 5.74) is 6.19. The Morgan fingerprint density at radius 3 is 2.11 bits per heavy atom. The molecule has 0 aromatic heterocycles. The van der Waals surface area contributed by atoms with Crippen LogP contribution >= 0.6 is 0 Å². The van der Waals surface area contributed by atoms with Crippen LogP contribution in [0.4, 0.5) is 5.69 Å². The molecule has 0 spiro atoms. The zero-order chi connectivity index (χ0) is 25.9. The lowest BCUT2D eigenvalue weighted by atomic mass is 9.94. The summed E-state index contributed by atoms with van der Waals surface area (Å²) < 4.78 is 29.3. The summed E-state index contributed by atoms with van der Waals surface area (Å²) in [5.74, 6) is -0.352. The van der Waals surface area contributed by atoms with Crippen LogP contribution in [0, 0.1) is 27.7 Å². The molecule has 0 unspecified atom stereocenters. The first-order valence-electron chi connectivity index (χ1n) is 11.8. The number of benzene rings is 4. The quantitative estimate of drug-likeness (QED) is 0.317. The van der Waals surface area contributed by atoms with Gasteiger partial charge in [-0.05, 0) is 73.7 Å². The Morgan fingerprint density at radius 2 is 1.42 bits per heavy atom. The number of nitrogens with one attached hydrogen (secondary N) is 2. The van der Waals surface area contributed by atoms with Gasteiger partial charge in [0, 0.05) is 5.56 Å². The molecule has 0 heterocycles. The molecule has 0 aliphatic carbocycles. The van der Waals surface area contributed by atoms with Gasteiger partial charge in [0.1, 0.15) is 0 Å². The van der Waals surface area contributed by atoms with Crippen molar-refractivity contribution < 1.29 is 13.2 Å². The molecule has 6 heteroatoms. The molecule has 0 aliphatic rings. The van der Waals surface area contributed by atoms with E-state index in [-0.39, 0.29) is 22.4 Å². The molecule has 1 amide bonds. The maximum Gasteiger partial charge on any atom is 0.262 e. The zero-order valence-electron chi connectivity index (χ0n) is 20.9. The molecule has 0 bridgehead atoms. The highest BCUT2D eigenvalue weighted by molar-refractivity contribution is 7.92. The fraction of sp³-hybridized carbons (Fsp3) is 0.167. The van der Waals surface area contributed by atoms with E-state index >= 15 is 0 Å². The second kappa shape index (κ2) is 10.4. The Labute approximate surface area is 213 Å². The topological polar surface area (TPSA) is 75.3 Å². The van der Waals surface area contributed by atoms with Crippen molar-refractivity contribution in [2.45, 2.75) is 38.6 Å². The summed E-state index contributed by atoms with van der Waals surface area (Å²) in [6.07, 6.45) is 0. The van der Waals surface area contributed by atoms with Crippen LogP contribution in [0.2, 0.25) is 0 Å². The molecular formula is C30H30N2O3S.